The lowest BCUT2D eigenvalue weighted by Crippen LogP contribution is -2.17. The maximum absolute atomic E-state index is 1.56. The van der Waals surface area contributed by atoms with Gasteiger partial charge in [0.2, 0.25) is 0 Å². The van der Waals surface area contributed by atoms with Gasteiger partial charge in [-0.15, -0.1) is 0 Å². The highest BCUT2D eigenvalue weighted by Gasteiger charge is 2.31. The molecule has 9 heavy (non-hydrogen) atoms. The lowest BCUT2D eigenvalue weighted by molar-refractivity contribution is 0.614. The van der Waals surface area contributed by atoms with Crippen LogP contribution in [0.3, 0.4) is 0 Å². The second-order valence-electron chi connectivity index (χ2n) is 3.74. The Morgan fingerprint density at radius 1 is 0.889 bits per heavy atom. The molecule has 2 rings (SSSR count). The number of hydrogen-bond acceptors (Lipinski definition) is 0. The summed E-state index contributed by atoms with van der Waals surface area (Å²) in [6.07, 6.45) is 10.8. The van der Waals surface area contributed by atoms with Crippen molar-refractivity contribution in [3.05, 3.63) is 0 Å². The van der Waals surface area contributed by atoms with Crippen LogP contribution in [0.2, 0.25) is 18.5 Å². The topological polar surface area (TPSA) is 0 Å². The number of fused-ring (bicyclic) bond motifs is 1. The van der Waals surface area contributed by atoms with Crippen molar-refractivity contribution < 1.29 is 0 Å². The van der Waals surface area contributed by atoms with Crippen molar-refractivity contribution in [2.45, 2.75) is 50.6 Å². The number of hydrogen-bond donors (Lipinski definition) is 0. The fraction of sp³-hybridized carbons (Fsp3) is 1.00. The highest BCUT2D eigenvalue weighted by Crippen LogP contribution is 2.40. The van der Waals surface area contributed by atoms with Crippen LogP contribution in [-0.2, 0) is 0 Å². The fourth-order valence-corrected chi connectivity index (χ4v) is 2.69. The third kappa shape index (κ3) is 1.02. The first kappa shape index (κ1) is 5.82. The van der Waals surface area contributed by atoms with Gasteiger partial charge in [-0.1, -0.05) is 50.6 Å². The van der Waals surface area contributed by atoms with E-state index in [1.807, 2.05) is 0 Å². The predicted octanol–water partition coefficient (Wildman–Crippen LogP) is 2.83. The molecule has 1 atom stereocenters. The first-order valence-corrected chi connectivity index (χ1v) is 4.47. The van der Waals surface area contributed by atoms with Gasteiger partial charge < -0.3 is 0 Å². The van der Waals surface area contributed by atoms with E-state index in [2.05, 4.69) is 0 Å². The fourth-order valence-electron chi connectivity index (χ4n) is 2.69. The third-order valence-electron chi connectivity index (χ3n) is 3.22. The first-order valence-electron chi connectivity index (χ1n) is 4.47. The van der Waals surface area contributed by atoms with Crippen LogP contribution in [-0.4, -0.2) is 6.71 Å². The van der Waals surface area contributed by atoms with Crippen LogP contribution in [0.15, 0.2) is 0 Å². The van der Waals surface area contributed by atoms with Gasteiger partial charge in [0.1, 0.15) is 6.71 Å². The monoisotopic (exact) mass is 122 g/mol. The summed E-state index contributed by atoms with van der Waals surface area (Å²) in [5.41, 5.74) is 0. The summed E-state index contributed by atoms with van der Waals surface area (Å²) in [5, 5.41) is 0. The van der Waals surface area contributed by atoms with Crippen LogP contribution in [0, 0.1) is 0 Å². The van der Waals surface area contributed by atoms with Crippen LogP contribution in [0.1, 0.15) is 32.1 Å². The Labute approximate surface area is 58.1 Å². The quantitative estimate of drug-likeness (QED) is 0.433. The molecule has 0 amide bonds. The maximum atomic E-state index is 1.56. The highest BCUT2D eigenvalue weighted by molar-refractivity contribution is 6.61. The Kier molecular flexibility index (Phi) is 1.53. The summed E-state index contributed by atoms with van der Waals surface area (Å²) >= 11 is 0. The summed E-state index contributed by atoms with van der Waals surface area (Å²) in [4.78, 5) is 0. The molecule has 1 unspecified atom stereocenters. The predicted molar refractivity (Wildman–Crippen MR) is 42.2 cm³/mol. The van der Waals surface area contributed by atoms with E-state index in [0.29, 0.717) is 0 Å². The van der Waals surface area contributed by atoms with Gasteiger partial charge in [0, 0.05) is 0 Å². The van der Waals surface area contributed by atoms with E-state index < -0.39 is 0 Å². The van der Waals surface area contributed by atoms with Crippen LogP contribution >= 0.6 is 0 Å². The van der Waals surface area contributed by atoms with Crippen LogP contribution in [0.5, 0.6) is 0 Å². The molecule has 0 aromatic heterocycles. The van der Waals surface area contributed by atoms with Crippen molar-refractivity contribution in [3.8, 4) is 0 Å². The molecule has 2 heterocycles. The molecule has 2 aliphatic rings. The summed E-state index contributed by atoms with van der Waals surface area (Å²) in [6, 6.07) is 0. The molecule has 0 saturated carbocycles. The van der Waals surface area contributed by atoms with Gasteiger partial charge in [-0.2, -0.15) is 0 Å². The Morgan fingerprint density at radius 3 is 2.56 bits per heavy atom. The number of rotatable bonds is 0. The Balaban J connectivity index is 1.97. The molecule has 0 aromatic rings. The van der Waals surface area contributed by atoms with Gasteiger partial charge >= 0.3 is 0 Å². The maximum Gasteiger partial charge on any atom is 0.143 e. The van der Waals surface area contributed by atoms with E-state index in [1.165, 1.54) is 31.8 Å². The summed E-state index contributed by atoms with van der Waals surface area (Å²) in [5.74, 6) is 1.17. The van der Waals surface area contributed by atoms with E-state index in [4.69, 9.17) is 0 Å². The molecular formula is C8H15B. The van der Waals surface area contributed by atoms with Crippen molar-refractivity contribution in [2.75, 3.05) is 0 Å². The van der Waals surface area contributed by atoms with Crippen molar-refractivity contribution in [3.63, 3.8) is 0 Å². The van der Waals surface area contributed by atoms with Gasteiger partial charge in [-0.05, 0) is 0 Å². The molecule has 0 aromatic carbocycles. The summed E-state index contributed by atoms with van der Waals surface area (Å²) in [7, 11) is 0. The molecule has 0 radical (unpaired) electrons. The Morgan fingerprint density at radius 2 is 1.67 bits per heavy atom. The smallest absolute Gasteiger partial charge is 0.0739 e. The van der Waals surface area contributed by atoms with E-state index in [-0.39, 0.29) is 0 Å². The lowest BCUT2D eigenvalue weighted by Gasteiger charge is -2.21. The van der Waals surface area contributed by atoms with Gasteiger partial charge in [0.25, 0.3) is 0 Å². The van der Waals surface area contributed by atoms with Crippen molar-refractivity contribution in [1.29, 1.82) is 0 Å². The largest absolute Gasteiger partial charge is 0.143 e. The lowest BCUT2D eigenvalue weighted by atomic mass is 9.37. The molecule has 2 aliphatic heterocycles. The van der Waals surface area contributed by atoms with E-state index in [1.54, 1.807) is 25.5 Å². The van der Waals surface area contributed by atoms with E-state index in [9.17, 15) is 0 Å². The van der Waals surface area contributed by atoms with Gasteiger partial charge in [-0.25, -0.2) is 0 Å². The second-order valence-corrected chi connectivity index (χ2v) is 3.74. The zero-order chi connectivity index (χ0) is 6.10. The molecule has 0 bridgehead atoms. The molecule has 1 heteroatoms. The van der Waals surface area contributed by atoms with E-state index >= 15 is 0 Å². The third-order valence-corrected chi connectivity index (χ3v) is 3.22. The van der Waals surface area contributed by atoms with Gasteiger partial charge in [0.05, 0.1) is 0 Å². The average Bonchev–Trinajstić information content (AvgIpc) is 2.33. The Hall–Kier alpha value is 0.0649. The van der Waals surface area contributed by atoms with Crippen molar-refractivity contribution in [2.24, 2.45) is 0 Å². The normalized spacial score (nSPS) is 34.7. The van der Waals surface area contributed by atoms with E-state index in [0.717, 1.165) is 0 Å². The van der Waals surface area contributed by atoms with Crippen LogP contribution < -0.4 is 0 Å². The molecular weight excluding hydrogens is 107 g/mol. The minimum atomic E-state index is 1.17. The molecule has 2 saturated heterocycles. The zero-order valence-electron chi connectivity index (χ0n) is 6.10. The summed E-state index contributed by atoms with van der Waals surface area (Å²) < 4.78 is 0. The molecule has 0 N–H and O–H groups in total. The highest BCUT2D eigenvalue weighted by atomic mass is 14.2. The molecule has 0 spiro atoms. The van der Waals surface area contributed by atoms with Crippen molar-refractivity contribution >= 4 is 6.71 Å². The van der Waals surface area contributed by atoms with Gasteiger partial charge in [0.15, 0.2) is 0 Å². The van der Waals surface area contributed by atoms with Crippen molar-refractivity contribution in [1.82, 2.24) is 0 Å². The molecule has 0 aliphatic carbocycles. The molecule has 2 fully saturated rings. The molecule has 0 nitrogen and oxygen atoms in total. The van der Waals surface area contributed by atoms with Gasteiger partial charge in [-0.3, -0.25) is 0 Å². The Bertz CT molecular complexity index is 88.7. The minimum Gasteiger partial charge on any atom is -0.0739 e. The average molecular weight is 122 g/mol. The van der Waals surface area contributed by atoms with Crippen LogP contribution in [0.25, 0.3) is 0 Å². The standard InChI is InChI=1S/C8H15B/c1-2-6-9-7-3-5-8(9)4-1/h8H,1-7H2. The SMILES string of the molecule is C1CCC2CCCB2C1. The first-order chi connectivity index (χ1) is 4.47. The molecule has 50 valence electrons. The minimum absolute atomic E-state index is 1.17. The second kappa shape index (κ2) is 2.36. The zero-order valence-corrected chi connectivity index (χ0v) is 6.10. The summed E-state index contributed by atoms with van der Waals surface area (Å²) in [6.45, 7) is 1.17. The van der Waals surface area contributed by atoms with Crippen LogP contribution in [0.4, 0.5) is 0 Å².